The zero-order valence-electron chi connectivity index (χ0n) is 15.9. The molecule has 3 aromatic carbocycles. The Hall–Kier alpha value is -3.77. The van der Waals surface area contributed by atoms with Gasteiger partial charge in [-0.2, -0.15) is 0 Å². The van der Waals surface area contributed by atoms with Gasteiger partial charge >= 0.3 is 0 Å². The number of nitro benzene ring substituents is 1. The highest BCUT2D eigenvalue weighted by Gasteiger charge is 2.32. The van der Waals surface area contributed by atoms with E-state index in [1.807, 2.05) is 31.2 Å². The number of hydrogen-bond acceptors (Lipinski definition) is 4. The van der Waals surface area contributed by atoms with Gasteiger partial charge in [0, 0.05) is 22.7 Å². The van der Waals surface area contributed by atoms with Crippen LogP contribution in [0.1, 0.15) is 16.7 Å². The molecule has 0 aliphatic carbocycles. The number of amides is 1. The van der Waals surface area contributed by atoms with Crippen LogP contribution in [0.2, 0.25) is 5.02 Å². The highest BCUT2D eigenvalue weighted by Crippen LogP contribution is 2.29. The molecule has 0 saturated carbocycles. The lowest BCUT2D eigenvalue weighted by atomic mass is 10.1. The predicted molar refractivity (Wildman–Crippen MR) is 118 cm³/mol. The monoisotopic (exact) mass is 417 g/mol. The van der Waals surface area contributed by atoms with Gasteiger partial charge in [0.15, 0.2) is 0 Å². The second kappa shape index (κ2) is 7.93. The highest BCUT2D eigenvalue weighted by molar-refractivity contribution is 6.34. The smallest absolute Gasteiger partial charge is 0.266 e. The molecule has 0 atom stereocenters. The maximum absolute atomic E-state index is 13.2. The summed E-state index contributed by atoms with van der Waals surface area (Å²) in [6, 6.07) is 20.7. The van der Waals surface area contributed by atoms with Gasteiger partial charge in [0.05, 0.1) is 10.6 Å². The van der Waals surface area contributed by atoms with Crippen molar-refractivity contribution in [3.63, 3.8) is 0 Å². The molecular weight excluding hydrogens is 402 g/mol. The van der Waals surface area contributed by atoms with Crippen molar-refractivity contribution in [1.29, 1.82) is 0 Å². The third-order valence-electron chi connectivity index (χ3n) is 4.63. The van der Waals surface area contributed by atoms with E-state index in [1.54, 1.807) is 47.4 Å². The maximum Gasteiger partial charge on any atom is 0.282 e. The minimum absolute atomic E-state index is 0.0124. The number of carbonyl (C=O) groups excluding carboxylic acids is 1. The quantitative estimate of drug-likeness (QED) is 0.324. The molecule has 0 fully saturated rings. The Bertz CT molecular complexity index is 1200. The van der Waals surface area contributed by atoms with E-state index in [-0.39, 0.29) is 17.3 Å². The van der Waals surface area contributed by atoms with Crippen LogP contribution >= 0.6 is 11.6 Å². The second-order valence-electron chi connectivity index (χ2n) is 6.80. The molecule has 148 valence electrons. The van der Waals surface area contributed by atoms with Crippen LogP contribution in [0.3, 0.4) is 0 Å². The number of nitro groups is 1. The van der Waals surface area contributed by atoms with Crippen molar-refractivity contribution in [1.82, 2.24) is 0 Å². The van der Waals surface area contributed by atoms with Gasteiger partial charge in [0.2, 0.25) is 0 Å². The number of non-ortho nitro benzene ring substituents is 1. The Morgan fingerprint density at radius 3 is 2.37 bits per heavy atom. The van der Waals surface area contributed by atoms with Crippen LogP contribution in [0.25, 0.3) is 6.08 Å². The molecule has 3 aromatic rings. The molecule has 1 amide bonds. The fraction of sp³-hybridized carbons (Fsp3) is 0.0435. The number of halogens is 1. The number of amidine groups is 1. The lowest BCUT2D eigenvalue weighted by molar-refractivity contribution is -0.384. The van der Waals surface area contributed by atoms with Crippen LogP contribution < -0.4 is 4.90 Å². The second-order valence-corrected chi connectivity index (χ2v) is 7.24. The number of carbonyl (C=O) groups is 1. The van der Waals surface area contributed by atoms with E-state index in [0.717, 1.165) is 11.1 Å². The average Bonchev–Trinajstić information content (AvgIpc) is 3.05. The number of anilines is 1. The summed E-state index contributed by atoms with van der Waals surface area (Å²) in [7, 11) is 0. The fourth-order valence-electron chi connectivity index (χ4n) is 3.17. The zero-order valence-corrected chi connectivity index (χ0v) is 16.7. The van der Waals surface area contributed by atoms with Crippen molar-refractivity contribution >= 4 is 40.8 Å². The van der Waals surface area contributed by atoms with Crippen LogP contribution in [0, 0.1) is 17.0 Å². The predicted octanol–water partition coefficient (Wildman–Crippen LogP) is 5.39. The summed E-state index contributed by atoms with van der Waals surface area (Å²) in [6.45, 7) is 1.97. The van der Waals surface area contributed by atoms with Gasteiger partial charge < -0.3 is 0 Å². The molecule has 6 nitrogen and oxygen atoms in total. The summed E-state index contributed by atoms with van der Waals surface area (Å²) in [6.07, 6.45) is 1.62. The van der Waals surface area contributed by atoms with Gasteiger partial charge in [0.1, 0.15) is 11.5 Å². The molecule has 0 bridgehead atoms. The third-order valence-corrected chi connectivity index (χ3v) is 4.88. The van der Waals surface area contributed by atoms with Gasteiger partial charge in [-0.3, -0.25) is 19.8 Å². The molecule has 4 rings (SSSR count). The Balaban J connectivity index is 1.79. The normalized spacial score (nSPS) is 14.9. The standard InChI is InChI=1S/C23H16ClN3O3/c1-15-3-2-4-17(13-15)22-25-21(14-16-5-9-20(10-6-16)27(29)30)23(28)26(22)19-11-7-18(24)8-12-19/h2-14H,1H3/b21-14+. The molecule has 0 unspecified atom stereocenters. The van der Waals surface area contributed by atoms with E-state index >= 15 is 0 Å². The molecular formula is C23H16ClN3O3. The molecule has 0 N–H and O–H groups in total. The first-order valence-electron chi connectivity index (χ1n) is 9.14. The summed E-state index contributed by atoms with van der Waals surface area (Å²) < 4.78 is 0. The molecule has 1 heterocycles. The van der Waals surface area contributed by atoms with Gasteiger partial charge in [-0.15, -0.1) is 0 Å². The number of aliphatic imine (C=N–C) groups is 1. The van der Waals surface area contributed by atoms with Crippen LogP contribution in [0.15, 0.2) is 83.5 Å². The van der Waals surface area contributed by atoms with E-state index in [1.165, 1.54) is 12.1 Å². The molecule has 1 aliphatic heterocycles. The van der Waals surface area contributed by atoms with Gasteiger partial charge in [-0.05, 0) is 61.0 Å². The van der Waals surface area contributed by atoms with Gasteiger partial charge in [-0.25, -0.2) is 4.99 Å². The first-order chi connectivity index (χ1) is 14.4. The molecule has 0 saturated heterocycles. The van der Waals surface area contributed by atoms with Crippen molar-refractivity contribution in [2.24, 2.45) is 4.99 Å². The largest absolute Gasteiger partial charge is 0.282 e. The van der Waals surface area contributed by atoms with Crippen molar-refractivity contribution in [3.8, 4) is 0 Å². The molecule has 0 spiro atoms. The minimum atomic E-state index is -0.464. The lowest BCUT2D eigenvalue weighted by Gasteiger charge is -2.18. The fourth-order valence-corrected chi connectivity index (χ4v) is 3.30. The molecule has 30 heavy (non-hydrogen) atoms. The Morgan fingerprint density at radius 2 is 1.73 bits per heavy atom. The molecule has 0 radical (unpaired) electrons. The lowest BCUT2D eigenvalue weighted by Crippen LogP contribution is -2.32. The minimum Gasteiger partial charge on any atom is -0.266 e. The van der Waals surface area contributed by atoms with Crippen molar-refractivity contribution < 1.29 is 9.72 Å². The van der Waals surface area contributed by atoms with Crippen LogP contribution in [-0.4, -0.2) is 16.7 Å². The summed E-state index contributed by atoms with van der Waals surface area (Å²) >= 11 is 6.01. The maximum atomic E-state index is 13.2. The first-order valence-corrected chi connectivity index (χ1v) is 9.52. The van der Waals surface area contributed by atoms with Gasteiger partial charge in [-0.1, -0.05) is 35.4 Å². The third kappa shape index (κ3) is 3.86. The zero-order chi connectivity index (χ0) is 21.3. The first kappa shape index (κ1) is 19.5. The molecule has 7 heteroatoms. The summed E-state index contributed by atoms with van der Waals surface area (Å²) in [5.41, 5.74) is 3.39. The van der Waals surface area contributed by atoms with E-state index < -0.39 is 4.92 Å². The topological polar surface area (TPSA) is 75.8 Å². The summed E-state index contributed by atoms with van der Waals surface area (Å²) in [5, 5.41) is 11.4. The number of nitrogens with zero attached hydrogens (tertiary/aromatic N) is 3. The van der Waals surface area contributed by atoms with Crippen LogP contribution in [-0.2, 0) is 4.79 Å². The SMILES string of the molecule is Cc1cccc(C2=N/C(=C/c3ccc([N+](=O)[O-])cc3)C(=O)N2c2ccc(Cl)cc2)c1. The summed E-state index contributed by atoms with van der Waals surface area (Å²) in [5.74, 6) is 0.228. The Kier molecular flexibility index (Phi) is 5.16. The van der Waals surface area contributed by atoms with Crippen molar-refractivity contribution in [2.75, 3.05) is 4.90 Å². The van der Waals surface area contributed by atoms with Crippen LogP contribution in [0.4, 0.5) is 11.4 Å². The Labute approximate surface area is 177 Å². The van der Waals surface area contributed by atoms with Crippen molar-refractivity contribution in [2.45, 2.75) is 6.92 Å². The Morgan fingerprint density at radius 1 is 1.03 bits per heavy atom. The number of aryl methyl sites for hydroxylation is 1. The summed E-state index contributed by atoms with van der Waals surface area (Å²) in [4.78, 5) is 29.8. The van der Waals surface area contributed by atoms with E-state index in [4.69, 9.17) is 11.6 Å². The molecule has 0 aromatic heterocycles. The number of rotatable bonds is 4. The van der Waals surface area contributed by atoms with E-state index in [0.29, 0.717) is 22.1 Å². The van der Waals surface area contributed by atoms with E-state index in [9.17, 15) is 14.9 Å². The number of benzene rings is 3. The molecule has 1 aliphatic rings. The van der Waals surface area contributed by atoms with Crippen LogP contribution in [0.5, 0.6) is 0 Å². The van der Waals surface area contributed by atoms with Crippen molar-refractivity contribution in [3.05, 3.63) is 110 Å². The number of hydrogen-bond donors (Lipinski definition) is 0. The van der Waals surface area contributed by atoms with E-state index in [2.05, 4.69) is 4.99 Å². The highest BCUT2D eigenvalue weighted by atomic mass is 35.5. The average molecular weight is 418 g/mol. The van der Waals surface area contributed by atoms with Gasteiger partial charge in [0.25, 0.3) is 11.6 Å².